The lowest BCUT2D eigenvalue weighted by molar-refractivity contribution is 0.0979. The molecule has 23 heavy (non-hydrogen) atoms. The second-order valence-corrected chi connectivity index (χ2v) is 6.63. The molecule has 2 aromatic rings. The van der Waals surface area contributed by atoms with Crippen LogP contribution in [0.2, 0.25) is 0 Å². The molecule has 0 bridgehead atoms. The monoisotopic (exact) mass is 330 g/mol. The number of pyridine rings is 1. The highest BCUT2D eigenvalue weighted by atomic mass is 32.2. The van der Waals surface area contributed by atoms with Gasteiger partial charge in [0.25, 0.3) is 5.91 Å². The van der Waals surface area contributed by atoms with Crippen molar-refractivity contribution in [1.82, 2.24) is 14.9 Å². The topological polar surface area (TPSA) is 97.3 Å². The molecule has 120 valence electrons. The van der Waals surface area contributed by atoms with Crippen molar-refractivity contribution in [2.75, 3.05) is 18.0 Å². The van der Waals surface area contributed by atoms with Gasteiger partial charge in [0, 0.05) is 25.0 Å². The third-order valence-corrected chi connectivity index (χ3v) is 4.32. The Kier molecular flexibility index (Phi) is 4.33. The molecule has 3 N–H and O–H groups in total. The lowest BCUT2D eigenvalue weighted by Gasteiger charge is -2.17. The summed E-state index contributed by atoms with van der Waals surface area (Å²) in [7, 11) is 0. The highest BCUT2D eigenvalue weighted by molar-refractivity contribution is 8.26. The van der Waals surface area contributed by atoms with Gasteiger partial charge < -0.3 is 10.2 Å². The van der Waals surface area contributed by atoms with Gasteiger partial charge in [0.15, 0.2) is 5.17 Å². The number of nitrogens with zero attached hydrogens (tertiary/aromatic N) is 3. The molecule has 1 aliphatic rings. The number of hydrogen-bond donors (Lipinski definition) is 3. The lowest BCUT2D eigenvalue weighted by Crippen LogP contribution is -2.28. The predicted molar refractivity (Wildman–Crippen MR) is 92.8 cm³/mol. The van der Waals surface area contributed by atoms with Crippen molar-refractivity contribution in [3.05, 3.63) is 30.1 Å². The van der Waals surface area contributed by atoms with Crippen LogP contribution < -0.4 is 10.2 Å². The minimum absolute atomic E-state index is 0.0578. The Balaban J connectivity index is 1.85. The lowest BCUT2D eigenvalue weighted by atomic mass is 10.2. The Morgan fingerprint density at radius 1 is 1.35 bits per heavy atom. The number of amides is 1. The van der Waals surface area contributed by atoms with E-state index in [1.54, 1.807) is 11.4 Å². The number of rotatable bonds is 2. The molecule has 0 saturated carbocycles. The number of nitrogens with one attached hydrogen (secondary N) is 3. The maximum absolute atomic E-state index is 12.3. The van der Waals surface area contributed by atoms with Crippen LogP contribution in [0.15, 0.2) is 24.5 Å². The van der Waals surface area contributed by atoms with E-state index in [9.17, 15) is 4.79 Å². The average molecular weight is 330 g/mol. The predicted octanol–water partition coefficient (Wildman–Crippen LogP) is 2.33. The standard InChI is InChI=1S/C15H18N6OS/c1-10(16)23-15(17)19-14(22)12-9-18-21-7-4-11(8-13(12)21)20-5-2-3-6-20/h4,7-9,16H,2-3,5-6H2,1H3,(H2,17,19,22). The van der Waals surface area contributed by atoms with E-state index < -0.39 is 0 Å². The normalized spacial score (nSPS) is 14.2. The van der Waals surface area contributed by atoms with Crippen molar-refractivity contribution in [3.8, 4) is 0 Å². The van der Waals surface area contributed by atoms with Crippen LogP contribution in [0.1, 0.15) is 30.1 Å². The third-order valence-electron chi connectivity index (χ3n) is 3.70. The Hall–Kier alpha value is -2.35. The van der Waals surface area contributed by atoms with Gasteiger partial charge in [0.1, 0.15) is 0 Å². The first-order valence-corrected chi connectivity index (χ1v) is 8.21. The number of anilines is 1. The highest BCUT2D eigenvalue weighted by Gasteiger charge is 2.17. The van der Waals surface area contributed by atoms with Crippen LogP contribution in [0.5, 0.6) is 0 Å². The smallest absolute Gasteiger partial charge is 0.261 e. The number of carbonyl (C=O) groups excluding carboxylic acids is 1. The van der Waals surface area contributed by atoms with Crippen LogP contribution in [0.25, 0.3) is 5.52 Å². The molecule has 1 aliphatic heterocycles. The van der Waals surface area contributed by atoms with Gasteiger partial charge in [-0.3, -0.25) is 15.6 Å². The largest absolute Gasteiger partial charge is 0.371 e. The maximum Gasteiger partial charge on any atom is 0.261 e. The first-order valence-electron chi connectivity index (χ1n) is 7.40. The zero-order valence-electron chi connectivity index (χ0n) is 12.8. The Bertz CT molecular complexity index is 777. The van der Waals surface area contributed by atoms with Crippen LogP contribution in [0.4, 0.5) is 5.69 Å². The number of aromatic nitrogens is 2. The summed E-state index contributed by atoms with van der Waals surface area (Å²) in [6.45, 7) is 3.64. The minimum atomic E-state index is -0.377. The minimum Gasteiger partial charge on any atom is -0.371 e. The van der Waals surface area contributed by atoms with Crippen molar-refractivity contribution >= 4 is 39.1 Å². The summed E-state index contributed by atoms with van der Waals surface area (Å²) in [6.07, 6.45) is 5.74. The molecule has 1 saturated heterocycles. The molecule has 0 spiro atoms. The van der Waals surface area contributed by atoms with E-state index in [2.05, 4.69) is 15.3 Å². The molecule has 3 heterocycles. The van der Waals surface area contributed by atoms with E-state index in [0.717, 1.165) is 36.1 Å². The van der Waals surface area contributed by atoms with Crippen LogP contribution >= 0.6 is 11.8 Å². The van der Waals surface area contributed by atoms with Gasteiger partial charge in [0.05, 0.1) is 22.3 Å². The average Bonchev–Trinajstić information content (AvgIpc) is 3.15. The zero-order valence-corrected chi connectivity index (χ0v) is 13.6. The van der Waals surface area contributed by atoms with E-state index in [4.69, 9.17) is 10.8 Å². The molecule has 1 amide bonds. The molecule has 0 atom stereocenters. The number of fused-ring (bicyclic) bond motifs is 1. The van der Waals surface area contributed by atoms with E-state index in [0.29, 0.717) is 5.56 Å². The van der Waals surface area contributed by atoms with E-state index >= 15 is 0 Å². The summed E-state index contributed by atoms with van der Waals surface area (Å²) in [5, 5.41) is 21.9. The Morgan fingerprint density at radius 2 is 2.09 bits per heavy atom. The Labute approximate surface area is 138 Å². The summed E-state index contributed by atoms with van der Waals surface area (Å²) in [6, 6.07) is 3.97. The van der Waals surface area contributed by atoms with E-state index in [1.807, 2.05) is 18.3 Å². The highest BCUT2D eigenvalue weighted by Crippen LogP contribution is 2.23. The van der Waals surface area contributed by atoms with Crippen LogP contribution in [-0.2, 0) is 0 Å². The molecular weight excluding hydrogens is 312 g/mol. The molecule has 7 nitrogen and oxygen atoms in total. The van der Waals surface area contributed by atoms with Crippen molar-refractivity contribution in [3.63, 3.8) is 0 Å². The van der Waals surface area contributed by atoms with Gasteiger partial charge in [0.2, 0.25) is 0 Å². The molecule has 0 unspecified atom stereocenters. The van der Waals surface area contributed by atoms with Crippen molar-refractivity contribution in [2.45, 2.75) is 19.8 Å². The summed E-state index contributed by atoms with van der Waals surface area (Å²) in [4.78, 5) is 14.6. The van der Waals surface area contributed by atoms with E-state index in [1.165, 1.54) is 19.0 Å². The summed E-state index contributed by atoms with van der Waals surface area (Å²) in [5.74, 6) is -0.377. The molecule has 0 aromatic carbocycles. The van der Waals surface area contributed by atoms with E-state index in [-0.39, 0.29) is 16.1 Å². The first kappa shape index (κ1) is 15.5. The number of thioether (sulfide) groups is 1. The first-order chi connectivity index (χ1) is 11.0. The van der Waals surface area contributed by atoms with Gasteiger partial charge in [-0.2, -0.15) is 5.10 Å². The molecular formula is C15H18N6OS. The van der Waals surface area contributed by atoms with Crippen molar-refractivity contribution in [1.29, 1.82) is 10.8 Å². The number of amidine groups is 1. The molecule has 8 heteroatoms. The van der Waals surface area contributed by atoms with Gasteiger partial charge in [-0.1, -0.05) is 0 Å². The molecule has 3 rings (SSSR count). The Morgan fingerprint density at radius 3 is 2.78 bits per heavy atom. The summed E-state index contributed by atoms with van der Waals surface area (Å²) < 4.78 is 1.66. The molecule has 0 radical (unpaired) electrons. The quantitative estimate of drug-likeness (QED) is 0.581. The molecule has 0 aliphatic carbocycles. The molecule has 2 aromatic heterocycles. The van der Waals surface area contributed by atoms with Gasteiger partial charge >= 0.3 is 0 Å². The summed E-state index contributed by atoms with van der Waals surface area (Å²) in [5.41, 5.74) is 2.24. The second kappa shape index (κ2) is 6.41. The number of carbonyl (C=O) groups is 1. The zero-order chi connectivity index (χ0) is 16.4. The van der Waals surface area contributed by atoms with Crippen LogP contribution in [0, 0.1) is 10.8 Å². The second-order valence-electron chi connectivity index (χ2n) is 5.41. The maximum atomic E-state index is 12.3. The van der Waals surface area contributed by atoms with Crippen molar-refractivity contribution < 1.29 is 4.79 Å². The summed E-state index contributed by atoms with van der Waals surface area (Å²) >= 11 is 0.908. The van der Waals surface area contributed by atoms with Crippen LogP contribution in [-0.4, -0.2) is 38.8 Å². The van der Waals surface area contributed by atoms with Gasteiger partial charge in [-0.05, 0) is 43.7 Å². The van der Waals surface area contributed by atoms with Crippen molar-refractivity contribution in [2.24, 2.45) is 0 Å². The fourth-order valence-electron chi connectivity index (χ4n) is 2.67. The number of hydrogen-bond acceptors (Lipinski definition) is 6. The SMILES string of the molecule is CC(=N)SC(=N)NC(=O)c1cnn2ccc(N3CCCC3)cc12. The molecule has 1 fully saturated rings. The fraction of sp³-hybridized carbons (Fsp3) is 0.333. The fourth-order valence-corrected chi connectivity index (χ4v) is 3.12. The van der Waals surface area contributed by atoms with Gasteiger partial charge in [-0.15, -0.1) is 0 Å². The van der Waals surface area contributed by atoms with Gasteiger partial charge in [-0.25, -0.2) is 4.52 Å². The van der Waals surface area contributed by atoms with Crippen LogP contribution in [0.3, 0.4) is 0 Å². The third kappa shape index (κ3) is 3.37.